The van der Waals surface area contributed by atoms with E-state index in [9.17, 15) is 0 Å². The fourth-order valence-electron chi connectivity index (χ4n) is 3.54. The van der Waals surface area contributed by atoms with Crippen LogP contribution in [0, 0.1) is 5.41 Å². The Kier molecular flexibility index (Phi) is 3.64. The van der Waals surface area contributed by atoms with Crippen LogP contribution in [0.2, 0.25) is 0 Å². The number of hydrogen-bond acceptors (Lipinski definition) is 2. The van der Waals surface area contributed by atoms with Crippen LogP contribution in [0.4, 0.5) is 0 Å². The van der Waals surface area contributed by atoms with Gasteiger partial charge in [-0.2, -0.15) is 0 Å². The van der Waals surface area contributed by atoms with Crippen molar-refractivity contribution < 1.29 is 4.74 Å². The molecule has 1 aromatic carbocycles. The van der Waals surface area contributed by atoms with Gasteiger partial charge in [0.15, 0.2) is 0 Å². The average molecular weight is 259 g/mol. The lowest BCUT2D eigenvalue weighted by atomic mass is 9.73. The molecule has 0 bridgehead atoms. The SMILES string of the molecule is CC1(C)CCC2OCC(Cc3ccccc3)NC2C1. The third-order valence-corrected chi connectivity index (χ3v) is 4.61. The monoisotopic (exact) mass is 259 g/mol. The van der Waals surface area contributed by atoms with Crippen LogP contribution < -0.4 is 5.32 Å². The predicted octanol–water partition coefficient (Wildman–Crippen LogP) is 3.16. The molecule has 0 amide bonds. The van der Waals surface area contributed by atoms with Crippen molar-refractivity contribution in [3.8, 4) is 0 Å². The van der Waals surface area contributed by atoms with Gasteiger partial charge in [0.25, 0.3) is 0 Å². The van der Waals surface area contributed by atoms with Crippen LogP contribution in [0.1, 0.15) is 38.7 Å². The van der Waals surface area contributed by atoms with E-state index in [2.05, 4.69) is 49.5 Å². The van der Waals surface area contributed by atoms with Gasteiger partial charge in [-0.15, -0.1) is 0 Å². The maximum atomic E-state index is 6.10. The molecule has 1 N–H and O–H groups in total. The zero-order chi connectivity index (χ0) is 13.3. The highest BCUT2D eigenvalue weighted by molar-refractivity contribution is 5.16. The summed E-state index contributed by atoms with van der Waals surface area (Å²) in [6.07, 6.45) is 5.26. The lowest BCUT2D eigenvalue weighted by molar-refractivity contribution is -0.0659. The van der Waals surface area contributed by atoms with E-state index in [-0.39, 0.29) is 0 Å². The van der Waals surface area contributed by atoms with Crippen molar-refractivity contribution in [2.24, 2.45) is 5.41 Å². The minimum atomic E-state index is 0.444. The van der Waals surface area contributed by atoms with Gasteiger partial charge in [0.05, 0.1) is 12.7 Å². The van der Waals surface area contributed by atoms with Gasteiger partial charge < -0.3 is 10.1 Å². The predicted molar refractivity (Wildman–Crippen MR) is 78.2 cm³/mol. The molecule has 19 heavy (non-hydrogen) atoms. The Bertz CT molecular complexity index is 415. The van der Waals surface area contributed by atoms with Crippen molar-refractivity contribution >= 4 is 0 Å². The van der Waals surface area contributed by atoms with Crippen LogP contribution in [0.5, 0.6) is 0 Å². The number of rotatable bonds is 2. The van der Waals surface area contributed by atoms with E-state index in [0.29, 0.717) is 23.6 Å². The zero-order valence-electron chi connectivity index (χ0n) is 12.1. The molecule has 1 aliphatic carbocycles. The normalized spacial score (nSPS) is 33.7. The van der Waals surface area contributed by atoms with Crippen molar-refractivity contribution in [2.45, 2.75) is 57.7 Å². The lowest BCUT2D eigenvalue weighted by Crippen LogP contribution is -2.58. The Balaban J connectivity index is 1.61. The van der Waals surface area contributed by atoms with Crippen molar-refractivity contribution in [1.29, 1.82) is 0 Å². The molecule has 0 radical (unpaired) electrons. The van der Waals surface area contributed by atoms with E-state index in [1.165, 1.54) is 24.8 Å². The maximum Gasteiger partial charge on any atom is 0.0729 e. The van der Waals surface area contributed by atoms with Crippen molar-refractivity contribution in [3.05, 3.63) is 35.9 Å². The lowest BCUT2D eigenvalue weighted by Gasteiger charge is -2.46. The number of nitrogens with one attached hydrogen (secondary N) is 1. The molecule has 3 rings (SSSR count). The fraction of sp³-hybridized carbons (Fsp3) is 0.647. The molecule has 2 heteroatoms. The van der Waals surface area contributed by atoms with Gasteiger partial charge in [-0.1, -0.05) is 44.2 Å². The molecule has 2 aliphatic rings. The summed E-state index contributed by atoms with van der Waals surface area (Å²) in [5.41, 5.74) is 1.86. The Hall–Kier alpha value is -0.860. The van der Waals surface area contributed by atoms with Crippen molar-refractivity contribution in [2.75, 3.05) is 6.61 Å². The van der Waals surface area contributed by atoms with Crippen molar-refractivity contribution in [1.82, 2.24) is 5.32 Å². The molecular formula is C17H25NO. The summed E-state index contributed by atoms with van der Waals surface area (Å²) >= 11 is 0. The number of morpholine rings is 1. The quantitative estimate of drug-likeness (QED) is 0.881. The molecule has 1 aliphatic heterocycles. The standard InChI is InChI=1S/C17H25NO/c1-17(2)9-8-16-15(11-17)18-14(12-19-16)10-13-6-4-3-5-7-13/h3-7,14-16,18H,8-12H2,1-2H3. The Morgan fingerprint density at radius 2 is 2.05 bits per heavy atom. The van der Waals surface area contributed by atoms with E-state index >= 15 is 0 Å². The zero-order valence-corrected chi connectivity index (χ0v) is 12.1. The molecule has 2 nitrogen and oxygen atoms in total. The molecule has 1 heterocycles. The first-order chi connectivity index (χ1) is 9.12. The van der Waals surface area contributed by atoms with Crippen LogP contribution in [0.3, 0.4) is 0 Å². The summed E-state index contributed by atoms with van der Waals surface area (Å²) in [5.74, 6) is 0. The molecule has 2 fully saturated rings. The molecule has 104 valence electrons. The Morgan fingerprint density at radius 3 is 2.84 bits per heavy atom. The van der Waals surface area contributed by atoms with E-state index in [1.807, 2.05) is 0 Å². The van der Waals surface area contributed by atoms with E-state index in [1.54, 1.807) is 0 Å². The van der Waals surface area contributed by atoms with Gasteiger partial charge in [0.1, 0.15) is 0 Å². The van der Waals surface area contributed by atoms with Gasteiger partial charge in [-0.25, -0.2) is 0 Å². The van der Waals surface area contributed by atoms with Gasteiger partial charge in [-0.3, -0.25) is 0 Å². The summed E-state index contributed by atoms with van der Waals surface area (Å²) < 4.78 is 6.10. The molecule has 1 aromatic rings. The highest BCUT2D eigenvalue weighted by atomic mass is 16.5. The number of fused-ring (bicyclic) bond motifs is 1. The van der Waals surface area contributed by atoms with Crippen LogP contribution in [-0.4, -0.2) is 24.8 Å². The van der Waals surface area contributed by atoms with E-state index < -0.39 is 0 Å². The Labute approximate surface area is 116 Å². The second-order valence-corrected chi connectivity index (χ2v) is 6.94. The van der Waals surface area contributed by atoms with E-state index in [4.69, 9.17) is 4.74 Å². The first kappa shape index (κ1) is 13.1. The minimum Gasteiger partial charge on any atom is -0.375 e. The van der Waals surface area contributed by atoms with E-state index in [0.717, 1.165) is 13.0 Å². The summed E-state index contributed by atoms with van der Waals surface area (Å²) in [5, 5.41) is 3.83. The van der Waals surface area contributed by atoms with Crippen LogP contribution in [0.25, 0.3) is 0 Å². The topological polar surface area (TPSA) is 21.3 Å². The molecule has 0 spiro atoms. The molecule has 1 saturated heterocycles. The van der Waals surface area contributed by atoms with Crippen molar-refractivity contribution in [3.63, 3.8) is 0 Å². The molecule has 3 atom stereocenters. The van der Waals surface area contributed by atoms with Gasteiger partial charge >= 0.3 is 0 Å². The van der Waals surface area contributed by atoms with Crippen LogP contribution >= 0.6 is 0 Å². The second kappa shape index (κ2) is 5.26. The largest absolute Gasteiger partial charge is 0.375 e. The van der Waals surface area contributed by atoms with Gasteiger partial charge in [0, 0.05) is 12.1 Å². The van der Waals surface area contributed by atoms with Crippen LogP contribution in [-0.2, 0) is 11.2 Å². The van der Waals surface area contributed by atoms with Gasteiger partial charge in [0.2, 0.25) is 0 Å². The molecule has 3 unspecified atom stereocenters. The number of benzene rings is 1. The average Bonchev–Trinajstić information content (AvgIpc) is 2.38. The molecule has 1 saturated carbocycles. The van der Waals surface area contributed by atoms with Crippen LogP contribution in [0.15, 0.2) is 30.3 Å². The summed E-state index contributed by atoms with van der Waals surface area (Å²) in [7, 11) is 0. The fourth-order valence-corrected chi connectivity index (χ4v) is 3.54. The van der Waals surface area contributed by atoms with Gasteiger partial charge in [-0.05, 0) is 36.7 Å². The third kappa shape index (κ3) is 3.18. The second-order valence-electron chi connectivity index (χ2n) is 6.94. The highest BCUT2D eigenvalue weighted by Gasteiger charge is 2.39. The minimum absolute atomic E-state index is 0.444. The number of hydrogen-bond donors (Lipinski definition) is 1. The number of ether oxygens (including phenoxy) is 1. The smallest absolute Gasteiger partial charge is 0.0729 e. The Morgan fingerprint density at radius 1 is 1.26 bits per heavy atom. The first-order valence-electron chi connectivity index (χ1n) is 7.54. The maximum absolute atomic E-state index is 6.10. The first-order valence-corrected chi connectivity index (χ1v) is 7.54. The summed E-state index contributed by atoms with van der Waals surface area (Å²) in [4.78, 5) is 0. The molecule has 0 aromatic heterocycles. The summed E-state index contributed by atoms with van der Waals surface area (Å²) in [6, 6.07) is 11.7. The third-order valence-electron chi connectivity index (χ3n) is 4.61. The molecular weight excluding hydrogens is 234 g/mol. The highest BCUT2D eigenvalue weighted by Crippen LogP contribution is 2.37. The summed E-state index contributed by atoms with van der Waals surface area (Å²) in [6.45, 7) is 5.62.